The van der Waals surface area contributed by atoms with Crippen molar-refractivity contribution >= 4 is 28.9 Å². The van der Waals surface area contributed by atoms with Crippen molar-refractivity contribution in [2.24, 2.45) is 5.92 Å². The molecule has 1 N–H and O–H groups in total. The molecule has 3 atom stereocenters. The van der Waals surface area contributed by atoms with Crippen LogP contribution in [-0.4, -0.2) is 0 Å². The number of benzene rings is 3. The fourth-order valence-corrected chi connectivity index (χ4v) is 4.75. The Morgan fingerprint density at radius 2 is 1.67 bits per heavy atom. The van der Waals surface area contributed by atoms with Gasteiger partial charge in [0.25, 0.3) is 0 Å². The Hall–Kier alpha value is -2.22. The number of allylic oxidation sites excluding steroid dienone is 2. The lowest BCUT2D eigenvalue weighted by Gasteiger charge is -2.38. The van der Waals surface area contributed by atoms with E-state index in [1.807, 2.05) is 12.1 Å². The number of anilines is 1. The van der Waals surface area contributed by atoms with Gasteiger partial charge in [-0.15, -0.1) is 0 Å². The maximum atomic E-state index is 6.29. The first-order valence-corrected chi connectivity index (χ1v) is 10.0. The third-order valence-corrected chi connectivity index (χ3v) is 6.51. The van der Waals surface area contributed by atoms with E-state index in [0.717, 1.165) is 6.42 Å². The SMILES string of the molecule is Clc1ccc([C@@H]2Nc3ccc(-c4ccccc4)cc3[C@@H]3C=CC[C@H]32)cc1Cl. The van der Waals surface area contributed by atoms with E-state index in [-0.39, 0.29) is 6.04 Å². The lowest BCUT2D eigenvalue weighted by atomic mass is 9.76. The van der Waals surface area contributed by atoms with Crippen molar-refractivity contribution in [2.45, 2.75) is 18.4 Å². The lowest BCUT2D eigenvalue weighted by Crippen LogP contribution is -2.29. The van der Waals surface area contributed by atoms with Crippen LogP contribution in [0.2, 0.25) is 10.0 Å². The molecule has 134 valence electrons. The predicted molar refractivity (Wildman–Crippen MR) is 115 cm³/mol. The molecule has 0 aromatic heterocycles. The molecule has 1 aliphatic carbocycles. The van der Waals surface area contributed by atoms with Gasteiger partial charge in [-0.05, 0) is 58.9 Å². The van der Waals surface area contributed by atoms with Gasteiger partial charge in [0.15, 0.2) is 0 Å². The van der Waals surface area contributed by atoms with Crippen molar-refractivity contribution in [2.75, 3.05) is 5.32 Å². The molecule has 0 radical (unpaired) electrons. The molecule has 0 spiro atoms. The zero-order chi connectivity index (χ0) is 18.4. The van der Waals surface area contributed by atoms with Gasteiger partial charge >= 0.3 is 0 Å². The van der Waals surface area contributed by atoms with Crippen molar-refractivity contribution < 1.29 is 0 Å². The van der Waals surface area contributed by atoms with Crippen LogP contribution >= 0.6 is 23.2 Å². The van der Waals surface area contributed by atoms with Crippen LogP contribution in [0.4, 0.5) is 5.69 Å². The van der Waals surface area contributed by atoms with Crippen LogP contribution in [-0.2, 0) is 0 Å². The molecule has 0 saturated carbocycles. The second-order valence-corrected chi connectivity index (χ2v) is 8.13. The van der Waals surface area contributed by atoms with Gasteiger partial charge in [-0.1, -0.05) is 77.8 Å². The van der Waals surface area contributed by atoms with E-state index in [0.29, 0.717) is 21.9 Å². The van der Waals surface area contributed by atoms with Gasteiger partial charge in [-0.2, -0.15) is 0 Å². The minimum Gasteiger partial charge on any atom is -0.378 e. The largest absolute Gasteiger partial charge is 0.378 e. The predicted octanol–water partition coefficient (Wildman–Crippen LogP) is 7.49. The average molecular weight is 392 g/mol. The van der Waals surface area contributed by atoms with Gasteiger partial charge in [0.1, 0.15) is 0 Å². The van der Waals surface area contributed by atoms with Gasteiger partial charge in [-0.25, -0.2) is 0 Å². The minimum absolute atomic E-state index is 0.231. The van der Waals surface area contributed by atoms with Crippen molar-refractivity contribution in [3.63, 3.8) is 0 Å². The third kappa shape index (κ3) is 2.96. The van der Waals surface area contributed by atoms with E-state index < -0.39 is 0 Å². The van der Waals surface area contributed by atoms with Crippen LogP contribution in [0.25, 0.3) is 11.1 Å². The highest BCUT2D eigenvalue weighted by atomic mass is 35.5. The average Bonchev–Trinajstić information content (AvgIpc) is 3.20. The molecule has 0 fully saturated rings. The Morgan fingerprint density at radius 3 is 2.48 bits per heavy atom. The highest BCUT2D eigenvalue weighted by Crippen LogP contribution is 2.50. The number of hydrogen-bond donors (Lipinski definition) is 1. The van der Waals surface area contributed by atoms with Crippen LogP contribution in [0.15, 0.2) is 78.9 Å². The van der Waals surface area contributed by atoms with Crippen molar-refractivity contribution in [3.8, 4) is 11.1 Å². The molecule has 1 aliphatic heterocycles. The van der Waals surface area contributed by atoms with E-state index in [9.17, 15) is 0 Å². The van der Waals surface area contributed by atoms with E-state index >= 15 is 0 Å². The molecular weight excluding hydrogens is 373 g/mol. The normalized spacial score (nSPS) is 22.8. The monoisotopic (exact) mass is 391 g/mol. The lowest BCUT2D eigenvalue weighted by molar-refractivity contribution is 0.425. The van der Waals surface area contributed by atoms with Crippen LogP contribution in [0.1, 0.15) is 29.5 Å². The fourth-order valence-electron chi connectivity index (χ4n) is 4.44. The Labute approximate surface area is 169 Å². The fraction of sp³-hybridized carbons (Fsp3) is 0.167. The van der Waals surface area contributed by atoms with Crippen LogP contribution < -0.4 is 5.32 Å². The van der Waals surface area contributed by atoms with Crippen molar-refractivity contribution in [3.05, 3.63) is 100 Å². The Bertz CT molecular complexity index is 1030. The quantitative estimate of drug-likeness (QED) is 0.446. The summed E-state index contributed by atoms with van der Waals surface area (Å²) in [6.07, 6.45) is 5.74. The summed E-state index contributed by atoms with van der Waals surface area (Å²) < 4.78 is 0. The molecule has 3 aromatic rings. The standard InChI is InChI=1S/C24H19Cl2N/c25-21-11-9-17(14-22(21)26)24-19-8-4-7-18(19)20-13-16(10-12-23(20)27-24)15-5-2-1-3-6-15/h1-7,9-14,18-19,24,27H,8H2/t18-,19-,24+/m1/s1. The van der Waals surface area contributed by atoms with E-state index in [1.54, 1.807) is 0 Å². The van der Waals surface area contributed by atoms with E-state index in [2.05, 4.69) is 72.1 Å². The summed E-state index contributed by atoms with van der Waals surface area (Å²) in [5.74, 6) is 0.908. The van der Waals surface area contributed by atoms with Gasteiger partial charge in [0.05, 0.1) is 16.1 Å². The molecule has 1 heterocycles. The molecule has 27 heavy (non-hydrogen) atoms. The molecule has 3 heteroatoms. The summed E-state index contributed by atoms with van der Waals surface area (Å²) in [5.41, 5.74) is 6.31. The third-order valence-electron chi connectivity index (χ3n) is 5.77. The Kier molecular flexibility index (Phi) is 4.22. The first kappa shape index (κ1) is 16.9. The molecule has 0 saturated heterocycles. The van der Waals surface area contributed by atoms with E-state index in [4.69, 9.17) is 23.2 Å². The maximum Gasteiger partial charge on any atom is 0.0595 e. The molecular formula is C24H19Cl2N. The molecule has 0 unspecified atom stereocenters. The zero-order valence-corrected chi connectivity index (χ0v) is 16.2. The Balaban J connectivity index is 1.56. The smallest absolute Gasteiger partial charge is 0.0595 e. The summed E-state index contributed by atoms with van der Waals surface area (Å²) >= 11 is 12.4. The number of hydrogen-bond acceptors (Lipinski definition) is 1. The van der Waals surface area contributed by atoms with Crippen LogP contribution in [0.5, 0.6) is 0 Å². The minimum atomic E-state index is 0.231. The number of fused-ring (bicyclic) bond motifs is 3. The molecule has 1 nitrogen and oxygen atoms in total. The number of halogens is 2. The second-order valence-electron chi connectivity index (χ2n) is 7.32. The maximum absolute atomic E-state index is 6.29. The topological polar surface area (TPSA) is 12.0 Å². The van der Waals surface area contributed by atoms with Gasteiger partial charge < -0.3 is 5.32 Å². The molecule has 3 aromatic carbocycles. The summed E-state index contributed by atoms with van der Waals surface area (Å²) in [4.78, 5) is 0. The van der Waals surface area contributed by atoms with Gasteiger partial charge in [-0.3, -0.25) is 0 Å². The first-order chi connectivity index (χ1) is 13.2. The van der Waals surface area contributed by atoms with Gasteiger partial charge in [0.2, 0.25) is 0 Å². The molecule has 5 rings (SSSR count). The van der Waals surface area contributed by atoms with Crippen molar-refractivity contribution in [1.82, 2.24) is 0 Å². The number of rotatable bonds is 2. The highest BCUT2D eigenvalue weighted by molar-refractivity contribution is 6.42. The zero-order valence-electron chi connectivity index (χ0n) is 14.7. The molecule has 0 amide bonds. The van der Waals surface area contributed by atoms with E-state index in [1.165, 1.54) is 27.9 Å². The molecule has 2 aliphatic rings. The van der Waals surface area contributed by atoms with Gasteiger partial charge in [0, 0.05) is 11.6 Å². The summed E-state index contributed by atoms with van der Waals surface area (Å²) in [5, 5.41) is 4.98. The second kappa shape index (κ2) is 6.74. The highest BCUT2D eigenvalue weighted by Gasteiger charge is 2.38. The summed E-state index contributed by atoms with van der Waals surface area (Å²) in [6, 6.07) is 23.5. The molecule has 0 bridgehead atoms. The van der Waals surface area contributed by atoms with Crippen LogP contribution in [0, 0.1) is 5.92 Å². The Morgan fingerprint density at radius 1 is 0.815 bits per heavy atom. The first-order valence-electron chi connectivity index (χ1n) is 9.28. The van der Waals surface area contributed by atoms with Crippen molar-refractivity contribution in [1.29, 1.82) is 0 Å². The summed E-state index contributed by atoms with van der Waals surface area (Å²) in [6.45, 7) is 0. The van der Waals surface area contributed by atoms with Crippen LogP contribution in [0.3, 0.4) is 0 Å². The summed E-state index contributed by atoms with van der Waals surface area (Å²) in [7, 11) is 0. The number of nitrogens with one attached hydrogen (secondary N) is 1.